The molecule has 178 valence electrons. The molecule has 6 aromatic rings. The maximum atomic E-state index is 6.65. The van der Waals surface area contributed by atoms with Crippen LogP contribution in [0.25, 0.3) is 49.7 Å². The van der Waals surface area contributed by atoms with Crippen LogP contribution in [0.3, 0.4) is 0 Å². The van der Waals surface area contributed by atoms with Gasteiger partial charge in [-0.2, -0.15) is 0 Å². The van der Waals surface area contributed by atoms with E-state index in [4.69, 9.17) is 9.47 Å². The Balaban J connectivity index is 1.54. The van der Waals surface area contributed by atoms with Gasteiger partial charge in [0.2, 0.25) is 0 Å². The first-order chi connectivity index (χ1) is 17.4. The SMILES string of the molecule is COc1cc(C)c(Cc2cc3c([nH]c4ccccc43)c3c2OC(C)(C)C=C3)c2c1[nH]c1ccccc12. The molecular formula is C32H28N2O2. The molecule has 0 aliphatic carbocycles. The van der Waals surface area contributed by atoms with Gasteiger partial charge in [0, 0.05) is 44.6 Å². The molecule has 3 heterocycles. The average molecular weight is 473 g/mol. The second kappa shape index (κ2) is 7.41. The first-order valence-electron chi connectivity index (χ1n) is 12.4. The molecule has 2 aromatic heterocycles. The van der Waals surface area contributed by atoms with Gasteiger partial charge in [0.15, 0.2) is 0 Å². The van der Waals surface area contributed by atoms with Crippen LogP contribution in [0.15, 0.2) is 66.7 Å². The fourth-order valence-corrected chi connectivity index (χ4v) is 5.82. The van der Waals surface area contributed by atoms with Crippen molar-refractivity contribution in [3.05, 3.63) is 89.0 Å². The minimum Gasteiger partial charge on any atom is -0.495 e. The van der Waals surface area contributed by atoms with Gasteiger partial charge in [-0.05, 0) is 73.9 Å². The number of aromatic amines is 2. The number of benzene rings is 4. The smallest absolute Gasteiger partial charge is 0.143 e. The molecular weight excluding hydrogens is 444 g/mol. The zero-order chi connectivity index (χ0) is 24.6. The summed E-state index contributed by atoms with van der Waals surface area (Å²) in [5.74, 6) is 1.83. The Morgan fingerprint density at radius 1 is 0.861 bits per heavy atom. The normalized spacial score (nSPS) is 14.6. The van der Waals surface area contributed by atoms with Crippen LogP contribution >= 0.6 is 0 Å². The Labute approximate surface area is 209 Å². The van der Waals surface area contributed by atoms with Gasteiger partial charge in [-0.25, -0.2) is 0 Å². The summed E-state index contributed by atoms with van der Waals surface area (Å²) < 4.78 is 12.4. The lowest BCUT2D eigenvalue weighted by atomic mass is 9.90. The summed E-state index contributed by atoms with van der Waals surface area (Å²) in [7, 11) is 1.74. The number of para-hydroxylation sites is 2. The number of methoxy groups -OCH3 is 1. The number of ether oxygens (including phenoxy) is 2. The van der Waals surface area contributed by atoms with E-state index in [1.807, 2.05) is 0 Å². The Bertz CT molecular complexity index is 1870. The zero-order valence-electron chi connectivity index (χ0n) is 21.0. The number of hydrogen-bond acceptors (Lipinski definition) is 2. The van der Waals surface area contributed by atoms with E-state index in [1.165, 1.54) is 38.2 Å². The molecule has 1 aliphatic heterocycles. The number of H-pyrrole nitrogens is 2. The summed E-state index contributed by atoms with van der Waals surface area (Å²) in [6.45, 7) is 6.41. The second-order valence-corrected chi connectivity index (χ2v) is 10.4. The van der Waals surface area contributed by atoms with Crippen LogP contribution in [-0.2, 0) is 6.42 Å². The maximum absolute atomic E-state index is 6.65. The highest BCUT2D eigenvalue weighted by Gasteiger charge is 2.28. The summed E-state index contributed by atoms with van der Waals surface area (Å²) in [5, 5.41) is 4.90. The fraction of sp³-hybridized carbons (Fsp3) is 0.188. The number of nitrogens with one attached hydrogen (secondary N) is 2. The molecule has 4 nitrogen and oxygen atoms in total. The molecule has 0 saturated heterocycles. The molecule has 0 unspecified atom stereocenters. The molecule has 7 rings (SSSR count). The fourth-order valence-electron chi connectivity index (χ4n) is 5.82. The van der Waals surface area contributed by atoms with Gasteiger partial charge in [0.1, 0.15) is 17.1 Å². The van der Waals surface area contributed by atoms with E-state index < -0.39 is 0 Å². The van der Waals surface area contributed by atoms with E-state index >= 15 is 0 Å². The molecule has 4 aromatic carbocycles. The minimum atomic E-state index is -0.369. The molecule has 4 heteroatoms. The highest BCUT2D eigenvalue weighted by atomic mass is 16.5. The van der Waals surface area contributed by atoms with E-state index in [2.05, 4.69) is 104 Å². The van der Waals surface area contributed by atoms with Crippen LogP contribution in [-0.4, -0.2) is 22.7 Å². The molecule has 0 radical (unpaired) electrons. The highest BCUT2D eigenvalue weighted by Crippen LogP contribution is 2.44. The number of aromatic nitrogens is 2. The van der Waals surface area contributed by atoms with Crippen molar-refractivity contribution in [2.75, 3.05) is 7.11 Å². The van der Waals surface area contributed by atoms with Crippen molar-refractivity contribution in [3.8, 4) is 11.5 Å². The molecule has 2 N–H and O–H groups in total. The summed E-state index contributed by atoms with van der Waals surface area (Å²) in [6.07, 6.45) is 5.14. The number of aryl methyl sites for hydroxylation is 1. The van der Waals surface area contributed by atoms with Crippen LogP contribution < -0.4 is 9.47 Å². The lowest BCUT2D eigenvalue weighted by Gasteiger charge is -2.30. The largest absolute Gasteiger partial charge is 0.495 e. The van der Waals surface area contributed by atoms with Gasteiger partial charge in [0.05, 0.1) is 18.1 Å². The van der Waals surface area contributed by atoms with Crippen LogP contribution in [0.2, 0.25) is 0 Å². The lowest BCUT2D eigenvalue weighted by molar-refractivity contribution is 0.158. The van der Waals surface area contributed by atoms with E-state index in [1.54, 1.807) is 7.11 Å². The topological polar surface area (TPSA) is 50.0 Å². The molecule has 0 amide bonds. The molecule has 0 atom stereocenters. The lowest BCUT2D eigenvalue weighted by Crippen LogP contribution is -2.28. The standard InChI is InChI=1S/C32H28N2O2/c1-18-15-27(35-4)30-28(21-10-6-8-12-26(21)34-30)23(18)16-19-17-24-20-9-5-7-11-25(20)33-29(24)22-13-14-32(2,3)36-31(19)22/h5-15,17,33-34H,16H2,1-4H3. The van der Waals surface area contributed by atoms with Crippen molar-refractivity contribution < 1.29 is 9.47 Å². The Hall–Kier alpha value is -4.18. The first-order valence-corrected chi connectivity index (χ1v) is 12.4. The van der Waals surface area contributed by atoms with Crippen molar-refractivity contribution in [2.45, 2.75) is 32.8 Å². The number of rotatable bonds is 3. The van der Waals surface area contributed by atoms with Gasteiger partial charge in [0.25, 0.3) is 0 Å². The number of fused-ring (bicyclic) bond motifs is 8. The van der Waals surface area contributed by atoms with Gasteiger partial charge in [-0.1, -0.05) is 36.4 Å². The van der Waals surface area contributed by atoms with Crippen LogP contribution in [0, 0.1) is 6.92 Å². The van der Waals surface area contributed by atoms with Gasteiger partial charge in [-0.3, -0.25) is 0 Å². The minimum absolute atomic E-state index is 0.369. The van der Waals surface area contributed by atoms with E-state index in [0.29, 0.717) is 0 Å². The third-order valence-corrected chi connectivity index (χ3v) is 7.55. The monoisotopic (exact) mass is 472 g/mol. The highest BCUT2D eigenvalue weighted by molar-refractivity contribution is 6.13. The summed E-state index contributed by atoms with van der Waals surface area (Å²) in [6, 6.07) is 21.5. The van der Waals surface area contributed by atoms with Crippen LogP contribution in [0.1, 0.15) is 36.1 Å². The Morgan fingerprint density at radius 3 is 2.33 bits per heavy atom. The molecule has 36 heavy (non-hydrogen) atoms. The summed E-state index contributed by atoms with van der Waals surface area (Å²) in [5.41, 5.74) is 8.89. The Kier molecular flexibility index (Phi) is 4.35. The van der Waals surface area contributed by atoms with E-state index in [-0.39, 0.29) is 5.60 Å². The second-order valence-electron chi connectivity index (χ2n) is 10.4. The molecule has 0 fully saturated rings. The van der Waals surface area contributed by atoms with E-state index in [0.717, 1.165) is 45.6 Å². The van der Waals surface area contributed by atoms with Gasteiger partial charge >= 0.3 is 0 Å². The van der Waals surface area contributed by atoms with Crippen molar-refractivity contribution in [3.63, 3.8) is 0 Å². The zero-order valence-corrected chi connectivity index (χ0v) is 21.0. The third-order valence-electron chi connectivity index (χ3n) is 7.55. The Morgan fingerprint density at radius 2 is 1.56 bits per heavy atom. The molecule has 0 saturated carbocycles. The van der Waals surface area contributed by atoms with Crippen molar-refractivity contribution >= 4 is 49.7 Å². The summed E-state index contributed by atoms with van der Waals surface area (Å²) >= 11 is 0. The maximum Gasteiger partial charge on any atom is 0.143 e. The van der Waals surface area contributed by atoms with Crippen LogP contribution in [0.5, 0.6) is 11.5 Å². The molecule has 0 bridgehead atoms. The van der Waals surface area contributed by atoms with Crippen molar-refractivity contribution in [1.29, 1.82) is 0 Å². The predicted octanol–water partition coefficient (Wildman–Crippen LogP) is 8.05. The van der Waals surface area contributed by atoms with Gasteiger partial charge in [-0.15, -0.1) is 0 Å². The first kappa shape index (κ1) is 21.1. The van der Waals surface area contributed by atoms with Crippen molar-refractivity contribution in [2.24, 2.45) is 0 Å². The summed E-state index contributed by atoms with van der Waals surface area (Å²) in [4.78, 5) is 7.25. The molecule has 1 aliphatic rings. The quantitative estimate of drug-likeness (QED) is 0.274. The average Bonchev–Trinajstić information content (AvgIpc) is 3.44. The predicted molar refractivity (Wildman–Crippen MR) is 149 cm³/mol. The van der Waals surface area contributed by atoms with Crippen molar-refractivity contribution in [1.82, 2.24) is 9.97 Å². The van der Waals surface area contributed by atoms with Crippen LogP contribution in [0.4, 0.5) is 0 Å². The van der Waals surface area contributed by atoms with Gasteiger partial charge < -0.3 is 19.4 Å². The molecule has 0 spiro atoms. The van der Waals surface area contributed by atoms with E-state index in [9.17, 15) is 0 Å². The third kappa shape index (κ3) is 3.00. The number of hydrogen-bond donors (Lipinski definition) is 2.